The van der Waals surface area contributed by atoms with Crippen molar-refractivity contribution < 1.29 is 9.90 Å². The quantitative estimate of drug-likeness (QED) is 0.598. The van der Waals surface area contributed by atoms with Gasteiger partial charge in [0.2, 0.25) is 5.91 Å². The maximum absolute atomic E-state index is 11.5. The smallest absolute Gasteiger partial charge is 0.237 e. The number of aliphatic hydroxyl groups excluding tert-OH is 1. The Kier molecular flexibility index (Phi) is 3.89. The van der Waals surface area contributed by atoms with Crippen LogP contribution in [0.3, 0.4) is 0 Å². The minimum absolute atomic E-state index is 0.0874. The van der Waals surface area contributed by atoms with Gasteiger partial charge in [0.25, 0.3) is 0 Å². The van der Waals surface area contributed by atoms with E-state index in [1.807, 2.05) is 13.8 Å². The van der Waals surface area contributed by atoms with Gasteiger partial charge in [-0.3, -0.25) is 4.79 Å². The first-order chi connectivity index (χ1) is 6.49. The van der Waals surface area contributed by atoms with Crippen LogP contribution in [0.4, 0.5) is 0 Å². The molecule has 1 atom stereocenters. The highest BCUT2D eigenvalue weighted by Crippen LogP contribution is 2.19. The van der Waals surface area contributed by atoms with Crippen LogP contribution in [0.2, 0.25) is 0 Å². The van der Waals surface area contributed by atoms with Crippen LogP contribution in [0, 0.1) is 5.92 Å². The molecule has 1 rings (SSSR count). The molecule has 0 bridgehead atoms. The summed E-state index contributed by atoms with van der Waals surface area (Å²) in [5.41, 5.74) is 5.71. The standard InChI is InChI=1S/C10H20N2O2/c1-6(2)3-9(11)10(14)12-7-4-8(13)5-7/h6-9,13H,3-5,11H2,1-2H3,(H,12,14)/t7?,8?,9-/m0/s1. The van der Waals surface area contributed by atoms with E-state index in [0.29, 0.717) is 25.2 Å². The number of hydrogen-bond acceptors (Lipinski definition) is 3. The lowest BCUT2D eigenvalue weighted by Gasteiger charge is -2.32. The number of carbonyl (C=O) groups excluding carboxylic acids is 1. The summed E-state index contributed by atoms with van der Waals surface area (Å²) in [4.78, 5) is 11.5. The van der Waals surface area contributed by atoms with Gasteiger partial charge in [0.05, 0.1) is 12.1 Å². The summed E-state index contributed by atoms with van der Waals surface area (Å²) in [7, 11) is 0. The molecule has 4 N–H and O–H groups in total. The van der Waals surface area contributed by atoms with Crippen LogP contribution in [-0.2, 0) is 4.79 Å². The molecule has 14 heavy (non-hydrogen) atoms. The average Bonchev–Trinajstić information content (AvgIpc) is 2.00. The highest BCUT2D eigenvalue weighted by Gasteiger charge is 2.29. The number of hydrogen-bond donors (Lipinski definition) is 3. The second-order valence-electron chi connectivity index (χ2n) is 4.57. The van der Waals surface area contributed by atoms with E-state index in [4.69, 9.17) is 10.8 Å². The lowest BCUT2D eigenvalue weighted by Crippen LogP contribution is -2.52. The summed E-state index contributed by atoms with van der Waals surface area (Å²) in [6.45, 7) is 4.08. The molecule has 1 aliphatic carbocycles. The van der Waals surface area contributed by atoms with Crippen LogP contribution in [0.1, 0.15) is 33.1 Å². The van der Waals surface area contributed by atoms with Crippen LogP contribution >= 0.6 is 0 Å². The topological polar surface area (TPSA) is 75.4 Å². The molecule has 0 saturated heterocycles. The molecule has 0 radical (unpaired) electrons. The van der Waals surface area contributed by atoms with Gasteiger partial charge in [-0.1, -0.05) is 13.8 Å². The first kappa shape index (κ1) is 11.5. The van der Waals surface area contributed by atoms with Gasteiger partial charge in [-0.2, -0.15) is 0 Å². The monoisotopic (exact) mass is 200 g/mol. The zero-order valence-electron chi connectivity index (χ0n) is 8.86. The van der Waals surface area contributed by atoms with E-state index in [0.717, 1.165) is 0 Å². The molecule has 0 aromatic heterocycles. The van der Waals surface area contributed by atoms with Crippen molar-refractivity contribution in [3.63, 3.8) is 0 Å². The van der Waals surface area contributed by atoms with Crippen molar-refractivity contribution >= 4 is 5.91 Å². The number of nitrogens with two attached hydrogens (primary N) is 1. The number of rotatable bonds is 4. The van der Waals surface area contributed by atoms with Gasteiger partial charge in [0.1, 0.15) is 0 Å². The third-order valence-electron chi connectivity index (χ3n) is 2.52. The maximum Gasteiger partial charge on any atom is 0.237 e. The molecule has 4 nitrogen and oxygen atoms in total. The molecule has 0 aromatic carbocycles. The minimum atomic E-state index is -0.409. The Morgan fingerprint density at radius 2 is 2.14 bits per heavy atom. The van der Waals surface area contributed by atoms with Crippen molar-refractivity contribution in [1.29, 1.82) is 0 Å². The molecule has 0 aromatic rings. The highest BCUT2D eigenvalue weighted by atomic mass is 16.3. The second kappa shape index (κ2) is 4.75. The van der Waals surface area contributed by atoms with E-state index < -0.39 is 6.04 Å². The third kappa shape index (κ3) is 3.27. The number of nitrogens with one attached hydrogen (secondary N) is 1. The van der Waals surface area contributed by atoms with Gasteiger partial charge in [-0.25, -0.2) is 0 Å². The van der Waals surface area contributed by atoms with Gasteiger partial charge in [0.15, 0.2) is 0 Å². The Morgan fingerprint density at radius 1 is 1.57 bits per heavy atom. The molecule has 82 valence electrons. The van der Waals surface area contributed by atoms with Gasteiger partial charge in [-0.15, -0.1) is 0 Å². The molecule has 0 heterocycles. The molecule has 1 amide bonds. The molecule has 1 fully saturated rings. The van der Waals surface area contributed by atoms with Crippen molar-refractivity contribution in [1.82, 2.24) is 5.32 Å². The Labute approximate surface area is 84.9 Å². The highest BCUT2D eigenvalue weighted by molar-refractivity contribution is 5.81. The summed E-state index contributed by atoms with van der Waals surface area (Å²) in [6.07, 6.45) is 1.81. The van der Waals surface area contributed by atoms with E-state index in [-0.39, 0.29) is 18.1 Å². The lowest BCUT2D eigenvalue weighted by atomic mass is 9.89. The van der Waals surface area contributed by atoms with Crippen LogP contribution in [0.5, 0.6) is 0 Å². The molecule has 1 saturated carbocycles. The summed E-state index contributed by atoms with van der Waals surface area (Å²) in [6, 6.07) is -0.275. The summed E-state index contributed by atoms with van der Waals surface area (Å²) in [5.74, 6) is 0.346. The molecular formula is C10H20N2O2. The number of amides is 1. The van der Waals surface area contributed by atoms with E-state index in [1.165, 1.54) is 0 Å². The Balaban J connectivity index is 2.20. The van der Waals surface area contributed by atoms with Crippen molar-refractivity contribution in [2.24, 2.45) is 11.7 Å². The van der Waals surface area contributed by atoms with Crippen molar-refractivity contribution in [2.45, 2.75) is 51.3 Å². The predicted octanol–water partition coefficient (Wildman–Crippen LogP) is -0.000700. The van der Waals surface area contributed by atoms with E-state index in [2.05, 4.69) is 5.32 Å². The van der Waals surface area contributed by atoms with Gasteiger partial charge < -0.3 is 16.2 Å². The third-order valence-corrected chi connectivity index (χ3v) is 2.52. The first-order valence-electron chi connectivity index (χ1n) is 5.23. The zero-order valence-corrected chi connectivity index (χ0v) is 8.86. The molecular weight excluding hydrogens is 180 g/mol. The summed E-state index contributed by atoms with van der Waals surface area (Å²) >= 11 is 0. The second-order valence-corrected chi connectivity index (χ2v) is 4.57. The Morgan fingerprint density at radius 3 is 2.57 bits per heavy atom. The largest absolute Gasteiger partial charge is 0.393 e. The van der Waals surface area contributed by atoms with Crippen LogP contribution in [0.15, 0.2) is 0 Å². The molecule has 0 aliphatic heterocycles. The van der Waals surface area contributed by atoms with Crippen LogP contribution in [-0.4, -0.2) is 29.2 Å². The van der Waals surface area contributed by atoms with Crippen molar-refractivity contribution in [2.75, 3.05) is 0 Å². The Bertz CT molecular complexity index is 200. The van der Waals surface area contributed by atoms with Crippen LogP contribution in [0.25, 0.3) is 0 Å². The molecule has 0 unspecified atom stereocenters. The maximum atomic E-state index is 11.5. The summed E-state index contributed by atoms with van der Waals surface area (Å²) in [5, 5.41) is 11.9. The number of carbonyl (C=O) groups is 1. The van der Waals surface area contributed by atoms with E-state index in [1.54, 1.807) is 0 Å². The van der Waals surface area contributed by atoms with Gasteiger partial charge >= 0.3 is 0 Å². The number of aliphatic hydroxyl groups is 1. The van der Waals surface area contributed by atoms with Crippen molar-refractivity contribution in [3.05, 3.63) is 0 Å². The minimum Gasteiger partial charge on any atom is -0.393 e. The zero-order chi connectivity index (χ0) is 10.7. The molecule has 1 aliphatic rings. The van der Waals surface area contributed by atoms with Crippen LogP contribution < -0.4 is 11.1 Å². The predicted molar refractivity (Wildman–Crippen MR) is 54.6 cm³/mol. The first-order valence-corrected chi connectivity index (χ1v) is 5.23. The lowest BCUT2D eigenvalue weighted by molar-refractivity contribution is -0.124. The summed E-state index contributed by atoms with van der Waals surface area (Å²) < 4.78 is 0. The molecule has 0 spiro atoms. The Hall–Kier alpha value is -0.610. The van der Waals surface area contributed by atoms with E-state index in [9.17, 15) is 4.79 Å². The van der Waals surface area contributed by atoms with Gasteiger partial charge in [-0.05, 0) is 25.2 Å². The van der Waals surface area contributed by atoms with Gasteiger partial charge in [0, 0.05) is 6.04 Å². The van der Waals surface area contributed by atoms with Crippen molar-refractivity contribution in [3.8, 4) is 0 Å². The fourth-order valence-electron chi connectivity index (χ4n) is 1.63. The fraction of sp³-hybridized carbons (Fsp3) is 0.900. The average molecular weight is 200 g/mol. The molecule has 4 heteroatoms. The SMILES string of the molecule is CC(C)C[C@H](N)C(=O)NC1CC(O)C1. The normalized spacial score (nSPS) is 28.4. The fourth-order valence-corrected chi connectivity index (χ4v) is 1.63. The van der Waals surface area contributed by atoms with E-state index >= 15 is 0 Å².